The van der Waals surface area contributed by atoms with Crippen LogP contribution in [-0.2, 0) is 15.9 Å². The van der Waals surface area contributed by atoms with Crippen LogP contribution >= 0.6 is 23.2 Å². The van der Waals surface area contributed by atoms with E-state index in [-0.39, 0.29) is 22.2 Å². The van der Waals surface area contributed by atoms with Gasteiger partial charge in [-0.15, -0.1) is 0 Å². The number of phenolic OH excluding ortho intramolecular Hbond substituents is 2. The third-order valence-corrected chi connectivity index (χ3v) is 8.45. The molecule has 0 spiro atoms. The lowest BCUT2D eigenvalue weighted by molar-refractivity contribution is -0.123. The van der Waals surface area contributed by atoms with Crippen LogP contribution < -0.4 is 14.2 Å². The number of amides is 1. The van der Waals surface area contributed by atoms with E-state index in [1.54, 1.807) is 31.2 Å². The Morgan fingerprint density at radius 2 is 1.49 bits per heavy atom. The molecule has 0 aromatic heterocycles. The van der Waals surface area contributed by atoms with Gasteiger partial charge in [-0.3, -0.25) is 4.79 Å². The number of hydrogen-bond donors (Lipinski definition) is 3. The molecule has 222 valence electrons. The molecule has 7 nitrogen and oxygen atoms in total. The van der Waals surface area contributed by atoms with Crippen LogP contribution in [0.2, 0.25) is 10.0 Å². The zero-order valence-electron chi connectivity index (χ0n) is 23.3. The van der Waals surface area contributed by atoms with Crippen LogP contribution in [0.15, 0.2) is 59.5 Å². The largest absolute Gasteiger partial charge is 0.508 e. The first-order chi connectivity index (χ1) is 19.7. The van der Waals surface area contributed by atoms with Crippen LogP contribution in [0.4, 0.5) is 5.69 Å². The van der Waals surface area contributed by atoms with Gasteiger partial charge in [0.15, 0.2) is 11.9 Å². The zero-order valence-corrected chi connectivity index (χ0v) is 25.7. The number of unbranched alkanes of at least 4 members (excludes halogenated alkanes) is 7. The average Bonchev–Trinajstić information content (AvgIpc) is 2.97. The highest BCUT2D eigenvalue weighted by molar-refractivity contribution is 7.80. The van der Waals surface area contributed by atoms with E-state index in [0.717, 1.165) is 25.7 Å². The number of benzene rings is 3. The minimum atomic E-state index is -1.79. The Hall–Kier alpha value is -2.94. The number of carbonyl (C=O) groups excluding carboxylic acids is 1. The second-order valence-electron chi connectivity index (χ2n) is 9.84. The third kappa shape index (κ3) is 10.1. The van der Waals surface area contributed by atoms with Crippen LogP contribution in [0.1, 0.15) is 70.3 Å². The standard InChI is InChI=1S/C31H37Cl2NO6S/c1-3-4-5-6-7-8-9-10-11-28(31(37)34-27-20-26(32)21(2)29(33)30(27)36)39-23-16-18-25(19-17-23)41(38)40-24-14-12-22(35)13-15-24/h12-20,28,35-36H,3-11H2,1-2H3,(H,34,37). The molecule has 3 N–H and O–H groups in total. The molecule has 3 aromatic carbocycles. The maximum atomic E-state index is 13.3. The zero-order chi connectivity index (χ0) is 29.8. The number of halogens is 2. The molecule has 2 unspecified atom stereocenters. The van der Waals surface area contributed by atoms with Gasteiger partial charge in [-0.05, 0) is 79.9 Å². The molecule has 0 aliphatic heterocycles. The molecule has 3 rings (SSSR count). The van der Waals surface area contributed by atoms with Gasteiger partial charge in [0.2, 0.25) is 11.1 Å². The van der Waals surface area contributed by atoms with Gasteiger partial charge < -0.3 is 24.4 Å². The summed E-state index contributed by atoms with van der Waals surface area (Å²) in [5.41, 5.74) is 0.625. The number of rotatable bonds is 16. The smallest absolute Gasteiger partial charge is 0.265 e. The molecular formula is C31H37Cl2NO6S. The van der Waals surface area contributed by atoms with Gasteiger partial charge in [0, 0.05) is 5.02 Å². The van der Waals surface area contributed by atoms with Crippen molar-refractivity contribution in [1.82, 2.24) is 0 Å². The van der Waals surface area contributed by atoms with Crippen molar-refractivity contribution in [3.8, 4) is 23.0 Å². The Balaban J connectivity index is 1.66. The maximum absolute atomic E-state index is 13.3. The van der Waals surface area contributed by atoms with E-state index < -0.39 is 23.1 Å². The Labute approximate surface area is 254 Å². The molecular weight excluding hydrogens is 585 g/mol. The fraction of sp³-hybridized carbons (Fsp3) is 0.387. The van der Waals surface area contributed by atoms with Gasteiger partial charge in [-0.1, -0.05) is 75.1 Å². The summed E-state index contributed by atoms with van der Waals surface area (Å²) < 4.78 is 24.1. The van der Waals surface area contributed by atoms with Crippen LogP contribution in [0.5, 0.6) is 23.0 Å². The second kappa shape index (κ2) is 16.5. The summed E-state index contributed by atoms with van der Waals surface area (Å²) in [6.07, 6.45) is 8.55. The number of aromatic hydroxyl groups is 2. The predicted octanol–water partition coefficient (Wildman–Crippen LogP) is 8.73. The molecule has 0 heterocycles. The summed E-state index contributed by atoms with van der Waals surface area (Å²) in [5, 5.41) is 23.0. The Bertz CT molecular complexity index is 1300. The Kier molecular flexibility index (Phi) is 13.1. The summed E-state index contributed by atoms with van der Waals surface area (Å²) in [6.45, 7) is 3.87. The quantitative estimate of drug-likeness (QED) is 0.109. The van der Waals surface area contributed by atoms with E-state index in [0.29, 0.717) is 33.4 Å². The number of ether oxygens (including phenoxy) is 1. The minimum Gasteiger partial charge on any atom is -0.508 e. The van der Waals surface area contributed by atoms with Gasteiger partial charge in [-0.2, -0.15) is 0 Å². The molecule has 1 amide bonds. The van der Waals surface area contributed by atoms with E-state index in [1.807, 2.05) is 0 Å². The molecule has 0 saturated carbocycles. The number of nitrogens with one attached hydrogen (secondary N) is 1. The highest BCUT2D eigenvalue weighted by atomic mass is 35.5. The maximum Gasteiger partial charge on any atom is 0.265 e. The molecule has 0 radical (unpaired) electrons. The number of anilines is 1. The third-order valence-electron chi connectivity index (χ3n) is 6.59. The fourth-order valence-corrected chi connectivity index (χ4v) is 5.35. The molecule has 10 heteroatoms. The van der Waals surface area contributed by atoms with E-state index in [1.165, 1.54) is 56.0 Å². The SMILES string of the molecule is CCCCCCCCCCC(Oc1ccc(S(=O)Oc2ccc(O)cc2)cc1)C(=O)Nc1cc(Cl)c(C)c(Cl)c1O. The summed E-state index contributed by atoms with van der Waals surface area (Å²) in [7, 11) is 0. The molecule has 2 atom stereocenters. The van der Waals surface area contributed by atoms with Crippen LogP contribution in [0, 0.1) is 6.92 Å². The summed E-state index contributed by atoms with van der Waals surface area (Å²) in [6, 6.07) is 13.8. The Morgan fingerprint density at radius 1 is 0.902 bits per heavy atom. The molecule has 3 aromatic rings. The topological polar surface area (TPSA) is 105 Å². The van der Waals surface area contributed by atoms with Crippen molar-refractivity contribution >= 4 is 45.9 Å². The van der Waals surface area contributed by atoms with E-state index in [4.69, 9.17) is 32.1 Å². The molecule has 0 saturated heterocycles. The Morgan fingerprint density at radius 3 is 2.12 bits per heavy atom. The van der Waals surface area contributed by atoms with Crippen molar-refractivity contribution in [2.24, 2.45) is 0 Å². The lowest BCUT2D eigenvalue weighted by Gasteiger charge is -2.20. The number of carbonyl (C=O) groups is 1. The summed E-state index contributed by atoms with van der Waals surface area (Å²) in [5.74, 6) is 0.150. The van der Waals surface area contributed by atoms with Crippen molar-refractivity contribution in [3.05, 3.63) is 70.2 Å². The molecule has 41 heavy (non-hydrogen) atoms. The van der Waals surface area contributed by atoms with Crippen molar-refractivity contribution in [2.45, 2.75) is 82.6 Å². The average molecular weight is 623 g/mol. The van der Waals surface area contributed by atoms with E-state index in [9.17, 15) is 19.2 Å². The molecule has 0 bridgehead atoms. The van der Waals surface area contributed by atoms with Crippen molar-refractivity contribution in [2.75, 3.05) is 5.32 Å². The van der Waals surface area contributed by atoms with Crippen molar-refractivity contribution in [3.63, 3.8) is 0 Å². The first-order valence-corrected chi connectivity index (χ1v) is 15.7. The van der Waals surface area contributed by atoms with Gasteiger partial charge in [0.25, 0.3) is 5.91 Å². The number of phenols is 2. The molecule has 0 fully saturated rings. The van der Waals surface area contributed by atoms with Crippen LogP contribution in [0.25, 0.3) is 0 Å². The van der Waals surface area contributed by atoms with Crippen molar-refractivity contribution < 1.29 is 28.1 Å². The van der Waals surface area contributed by atoms with Gasteiger partial charge in [0.1, 0.15) is 17.2 Å². The predicted molar refractivity (Wildman–Crippen MR) is 165 cm³/mol. The fourth-order valence-electron chi connectivity index (χ4n) is 4.15. The van der Waals surface area contributed by atoms with Crippen LogP contribution in [-0.4, -0.2) is 26.4 Å². The van der Waals surface area contributed by atoms with E-state index in [2.05, 4.69) is 12.2 Å². The molecule has 0 aliphatic rings. The normalized spacial score (nSPS) is 12.5. The lowest BCUT2D eigenvalue weighted by atomic mass is 10.0. The monoisotopic (exact) mass is 621 g/mol. The van der Waals surface area contributed by atoms with E-state index >= 15 is 0 Å². The first kappa shape index (κ1) is 32.6. The highest BCUT2D eigenvalue weighted by Gasteiger charge is 2.23. The summed E-state index contributed by atoms with van der Waals surface area (Å²) >= 11 is 10.6. The van der Waals surface area contributed by atoms with Gasteiger partial charge in [-0.25, -0.2) is 4.21 Å². The lowest BCUT2D eigenvalue weighted by Crippen LogP contribution is -2.33. The summed E-state index contributed by atoms with van der Waals surface area (Å²) in [4.78, 5) is 13.7. The first-order valence-electron chi connectivity index (χ1n) is 13.8. The van der Waals surface area contributed by atoms with Gasteiger partial charge >= 0.3 is 0 Å². The second-order valence-corrected chi connectivity index (χ2v) is 11.7. The van der Waals surface area contributed by atoms with Crippen LogP contribution in [0.3, 0.4) is 0 Å². The van der Waals surface area contributed by atoms with Crippen molar-refractivity contribution in [1.29, 1.82) is 0 Å². The van der Waals surface area contributed by atoms with Gasteiger partial charge in [0.05, 0.1) is 15.6 Å². The highest BCUT2D eigenvalue weighted by Crippen LogP contribution is 2.39. The molecule has 0 aliphatic carbocycles. The minimum absolute atomic E-state index is 0.0754. The number of hydrogen-bond acceptors (Lipinski definition) is 6.